The van der Waals surface area contributed by atoms with Gasteiger partial charge < -0.3 is 10.0 Å². The number of aliphatic hydroxyl groups is 1. The van der Waals surface area contributed by atoms with E-state index >= 15 is 0 Å². The van der Waals surface area contributed by atoms with Crippen molar-refractivity contribution >= 4 is 5.91 Å². The van der Waals surface area contributed by atoms with Gasteiger partial charge in [-0.05, 0) is 18.1 Å². The van der Waals surface area contributed by atoms with E-state index in [0.29, 0.717) is 6.54 Å². The Morgan fingerprint density at radius 3 is 2.61 bits per heavy atom. The summed E-state index contributed by atoms with van der Waals surface area (Å²) >= 11 is 0. The van der Waals surface area contributed by atoms with Gasteiger partial charge in [0.1, 0.15) is 6.42 Å². The van der Waals surface area contributed by atoms with Gasteiger partial charge in [0.15, 0.2) is 0 Å². The van der Waals surface area contributed by atoms with E-state index in [4.69, 9.17) is 5.26 Å². The molecule has 0 aliphatic heterocycles. The summed E-state index contributed by atoms with van der Waals surface area (Å²) in [6, 6.07) is 19.0. The lowest BCUT2D eigenvalue weighted by atomic mass is 10.1. The number of rotatable bonds is 6. The van der Waals surface area contributed by atoms with Crippen molar-refractivity contribution in [1.82, 2.24) is 4.90 Å². The van der Waals surface area contributed by atoms with Crippen LogP contribution in [0.25, 0.3) is 0 Å². The Morgan fingerprint density at radius 2 is 1.96 bits per heavy atom. The van der Waals surface area contributed by atoms with Crippen LogP contribution >= 0.6 is 0 Å². The van der Waals surface area contributed by atoms with Crippen LogP contribution in [0, 0.1) is 18.3 Å². The van der Waals surface area contributed by atoms with Gasteiger partial charge in [-0.1, -0.05) is 60.2 Å². The Hall–Kier alpha value is -2.64. The first-order chi connectivity index (χ1) is 11.1. The molecule has 0 unspecified atom stereocenters. The molecule has 0 spiro atoms. The smallest absolute Gasteiger partial charge is 0.237 e. The summed E-state index contributed by atoms with van der Waals surface area (Å²) in [6.45, 7) is 2.50. The van der Waals surface area contributed by atoms with Gasteiger partial charge in [0, 0.05) is 6.54 Å². The Bertz CT molecular complexity index is 692. The molecule has 1 amide bonds. The van der Waals surface area contributed by atoms with Crippen LogP contribution in [0.1, 0.15) is 29.2 Å². The van der Waals surface area contributed by atoms with Crippen molar-refractivity contribution in [3.05, 3.63) is 71.3 Å². The summed E-state index contributed by atoms with van der Waals surface area (Å²) in [4.78, 5) is 13.7. The first-order valence-electron chi connectivity index (χ1n) is 7.53. The molecule has 2 aromatic carbocycles. The summed E-state index contributed by atoms with van der Waals surface area (Å²) < 4.78 is 0. The molecule has 1 atom stereocenters. The highest BCUT2D eigenvalue weighted by molar-refractivity contribution is 5.78. The fraction of sp³-hybridized carbons (Fsp3) is 0.263. The zero-order valence-electron chi connectivity index (χ0n) is 13.1. The predicted octanol–water partition coefficient (Wildman–Crippen LogP) is 2.97. The number of nitrogens with zero attached hydrogens (tertiary/aromatic N) is 2. The third-order valence-electron chi connectivity index (χ3n) is 3.62. The van der Waals surface area contributed by atoms with Crippen molar-refractivity contribution in [3.8, 4) is 6.07 Å². The van der Waals surface area contributed by atoms with Crippen LogP contribution in [0.15, 0.2) is 54.6 Å². The number of hydrogen-bond acceptors (Lipinski definition) is 3. The molecule has 0 aliphatic rings. The van der Waals surface area contributed by atoms with E-state index in [1.54, 1.807) is 0 Å². The number of carbonyl (C=O) groups is 1. The third kappa shape index (κ3) is 4.94. The van der Waals surface area contributed by atoms with E-state index in [-0.39, 0.29) is 18.9 Å². The second-order valence-electron chi connectivity index (χ2n) is 5.52. The summed E-state index contributed by atoms with van der Waals surface area (Å²) in [5, 5.41) is 19.2. The standard InChI is InChI=1S/C19H20N2O2/c1-15-6-5-9-17(12-15)18(22)14-21(19(23)10-11-20)13-16-7-3-2-4-8-16/h2-9,12,18,22H,10,13-14H2,1H3/t18-/m1/s1. The molecule has 118 valence electrons. The van der Waals surface area contributed by atoms with Crippen molar-refractivity contribution in [1.29, 1.82) is 5.26 Å². The second-order valence-corrected chi connectivity index (χ2v) is 5.52. The topological polar surface area (TPSA) is 64.3 Å². The molecule has 2 aromatic rings. The molecule has 0 bridgehead atoms. The van der Waals surface area contributed by atoms with E-state index < -0.39 is 6.10 Å². The van der Waals surface area contributed by atoms with Crippen LogP contribution in [-0.4, -0.2) is 22.5 Å². The number of aliphatic hydroxyl groups excluding tert-OH is 1. The van der Waals surface area contributed by atoms with Gasteiger partial charge in [-0.2, -0.15) is 5.26 Å². The quantitative estimate of drug-likeness (QED) is 0.892. The molecule has 0 saturated carbocycles. The van der Waals surface area contributed by atoms with E-state index in [0.717, 1.165) is 16.7 Å². The van der Waals surface area contributed by atoms with Gasteiger partial charge in [-0.15, -0.1) is 0 Å². The van der Waals surface area contributed by atoms with Gasteiger partial charge in [0.2, 0.25) is 5.91 Å². The molecule has 0 saturated heterocycles. The maximum atomic E-state index is 12.2. The monoisotopic (exact) mass is 308 g/mol. The second kappa shape index (κ2) is 8.11. The summed E-state index contributed by atoms with van der Waals surface area (Å²) in [5.74, 6) is -0.275. The van der Waals surface area contributed by atoms with Crippen LogP contribution < -0.4 is 0 Å². The normalized spacial score (nSPS) is 11.5. The zero-order chi connectivity index (χ0) is 16.7. The Kier molecular flexibility index (Phi) is 5.90. The highest BCUT2D eigenvalue weighted by atomic mass is 16.3. The van der Waals surface area contributed by atoms with E-state index in [2.05, 4.69) is 0 Å². The van der Waals surface area contributed by atoms with E-state index in [1.807, 2.05) is 67.6 Å². The molecule has 1 N–H and O–H groups in total. The van der Waals surface area contributed by atoms with Crippen LogP contribution in [0.4, 0.5) is 0 Å². The molecule has 0 fully saturated rings. The van der Waals surface area contributed by atoms with Crippen molar-refractivity contribution in [2.24, 2.45) is 0 Å². The van der Waals surface area contributed by atoms with Gasteiger partial charge >= 0.3 is 0 Å². The lowest BCUT2D eigenvalue weighted by molar-refractivity contribution is -0.132. The fourth-order valence-electron chi connectivity index (χ4n) is 2.43. The summed E-state index contributed by atoms with van der Waals surface area (Å²) in [5.41, 5.74) is 2.79. The number of benzene rings is 2. The van der Waals surface area contributed by atoms with Crippen LogP contribution in [-0.2, 0) is 11.3 Å². The SMILES string of the molecule is Cc1cccc([C@H](O)CN(Cc2ccccc2)C(=O)CC#N)c1. The number of nitriles is 1. The molecule has 4 heteroatoms. The molecule has 2 rings (SSSR count). The minimum Gasteiger partial charge on any atom is -0.387 e. The molecule has 0 heterocycles. The Balaban J connectivity index is 2.14. The fourth-order valence-corrected chi connectivity index (χ4v) is 2.43. The van der Waals surface area contributed by atoms with Crippen LogP contribution in [0.3, 0.4) is 0 Å². The van der Waals surface area contributed by atoms with Crippen LogP contribution in [0.2, 0.25) is 0 Å². The van der Waals surface area contributed by atoms with Crippen molar-refractivity contribution < 1.29 is 9.90 Å². The molecule has 0 aromatic heterocycles. The molecule has 0 radical (unpaired) electrons. The minimum atomic E-state index is -0.777. The van der Waals surface area contributed by atoms with Gasteiger partial charge in [0.25, 0.3) is 0 Å². The first-order valence-corrected chi connectivity index (χ1v) is 7.53. The summed E-state index contributed by atoms with van der Waals surface area (Å²) in [6.07, 6.45) is -0.964. The third-order valence-corrected chi connectivity index (χ3v) is 3.62. The highest BCUT2D eigenvalue weighted by Crippen LogP contribution is 2.17. The number of aryl methyl sites for hydroxylation is 1. The average Bonchev–Trinajstić information content (AvgIpc) is 2.55. The average molecular weight is 308 g/mol. The van der Waals surface area contributed by atoms with Crippen molar-refractivity contribution in [2.75, 3.05) is 6.54 Å². The molecule has 23 heavy (non-hydrogen) atoms. The van der Waals surface area contributed by atoms with Crippen molar-refractivity contribution in [3.63, 3.8) is 0 Å². The largest absolute Gasteiger partial charge is 0.387 e. The van der Waals surface area contributed by atoms with E-state index in [9.17, 15) is 9.90 Å². The lowest BCUT2D eigenvalue weighted by Gasteiger charge is -2.25. The van der Waals surface area contributed by atoms with Gasteiger partial charge in [-0.25, -0.2) is 0 Å². The number of carbonyl (C=O) groups excluding carboxylic acids is 1. The molecule has 4 nitrogen and oxygen atoms in total. The lowest BCUT2D eigenvalue weighted by Crippen LogP contribution is -2.34. The zero-order valence-corrected chi connectivity index (χ0v) is 13.1. The first kappa shape index (κ1) is 16.7. The molecular weight excluding hydrogens is 288 g/mol. The Labute approximate surface area is 136 Å². The number of amides is 1. The van der Waals surface area contributed by atoms with E-state index in [1.165, 1.54) is 4.90 Å². The van der Waals surface area contributed by atoms with Crippen molar-refractivity contribution in [2.45, 2.75) is 26.0 Å². The van der Waals surface area contributed by atoms with Gasteiger partial charge in [0.05, 0.1) is 18.7 Å². The van der Waals surface area contributed by atoms with Crippen LogP contribution in [0.5, 0.6) is 0 Å². The maximum absolute atomic E-state index is 12.2. The minimum absolute atomic E-state index is 0.166. The Morgan fingerprint density at radius 1 is 1.22 bits per heavy atom. The molecule has 0 aliphatic carbocycles. The highest BCUT2D eigenvalue weighted by Gasteiger charge is 2.19. The maximum Gasteiger partial charge on any atom is 0.237 e. The summed E-state index contributed by atoms with van der Waals surface area (Å²) in [7, 11) is 0. The predicted molar refractivity (Wildman–Crippen MR) is 88.2 cm³/mol. The molecular formula is C19H20N2O2. The number of hydrogen-bond donors (Lipinski definition) is 1. The van der Waals surface area contributed by atoms with Gasteiger partial charge in [-0.3, -0.25) is 4.79 Å².